The molecule has 1 aromatic carbocycles. The maximum atomic E-state index is 12.0. The highest BCUT2D eigenvalue weighted by molar-refractivity contribution is 5.99. The van der Waals surface area contributed by atoms with Crippen LogP contribution in [0.25, 0.3) is 0 Å². The van der Waals surface area contributed by atoms with Gasteiger partial charge < -0.3 is 10.2 Å². The van der Waals surface area contributed by atoms with Gasteiger partial charge in [0.05, 0.1) is 12.0 Å². The van der Waals surface area contributed by atoms with Crippen LogP contribution in [0.4, 0.5) is 5.69 Å². The average Bonchev–Trinajstić information content (AvgIpc) is 2.45. The van der Waals surface area contributed by atoms with E-state index in [9.17, 15) is 9.59 Å². The van der Waals surface area contributed by atoms with Crippen molar-refractivity contribution in [2.45, 2.75) is 39.2 Å². The molecule has 2 amide bonds. The zero-order valence-electron chi connectivity index (χ0n) is 12.9. The van der Waals surface area contributed by atoms with Crippen molar-refractivity contribution in [2.75, 3.05) is 12.4 Å². The van der Waals surface area contributed by atoms with Gasteiger partial charge >= 0.3 is 0 Å². The number of hydrogen-bond acceptors (Lipinski definition) is 3. The van der Waals surface area contributed by atoms with Gasteiger partial charge in [0.2, 0.25) is 11.8 Å². The molecular formula is C16H21N3O2. The monoisotopic (exact) mass is 287 g/mol. The Morgan fingerprint density at radius 1 is 1.38 bits per heavy atom. The second-order valence-corrected chi connectivity index (χ2v) is 5.54. The topological polar surface area (TPSA) is 61.8 Å². The molecule has 0 bridgehead atoms. The third-order valence-electron chi connectivity index (χ3n) is 3.88. The smallest absolute Gasteiger partial charge is 0.230 e. The molecule has 0 saturated heterocycles. The Bertz CT molecular complexity index is 592. The number of amidine groups is 1. The van der Waals surface area contributed by atoms with Crippen molar-refractivity contribution in [3.8, 4) is 0 Å². The Kier molecular flexibility index (Phi) is 4.11. The fourth-order valence-electron chi connectivity index (χ4n) is 2.39. The molecule has 5 nitrogen and oxygen atoms in total. The van der Waals surface area contributed by atoms with Gasteiger partial charge in [-0.15, -0.1) is 0 Å². The summed E-state index contributed by atoms with van der Waals surface area (Å²) in [7, 11) is 1.74. The van der Waals surface area contributed by atoms with Crippen molar-refractivity contribution in [3.63, 3.8) is 0 Å². The number of hydrogen-bond donors (Lipinski definition) is 1. The highest BCUT2D eigenvalue weighted by Crippen LogP contribution is 2.33. The minimum Gasteiger partial charge on any atom is -0.326 e. The number of nitrogens with one attached hydrogen (secondary N) is 1. The fraction of sp³-hybridized carbons (Fsp3) is 0.438. The minimum atomic E-state index is -0.541. The zero-order chi connectivity index (χ0) is 15.6. The summed E-state index contributed by atoms with van der Waals surface area (Å²) < 4.78 is 0. The van der Waals surface area contributed by atoms with E-state index >= 15 is 0 Å². The first-order valence-corrected chi connectivity index (χ1v) is 7.09. The van der Waals surface area contributed by atoms with E-state index < -0.39 is 5.54 Å². The summed E-state index contributed by atoms with van der Waals surface area (Å²) in [6, 6.07) is 7.53. The number of anilines is 1. The Morgan fingerprint density at radius 2 is 2.00 bits per heavy atom. The molecule has 0 aromatic heterocycles. The summed E-state index contributed by atoms with van der Waals surface area (Å²) in [5, 5.41) is 2.81. The molecule has 5 heteroatoms. The Balaban J connectivity index is 2.26. The lowest BCUT2D eigenvalue weighted by atomic mass is 9.87. The van der Waals surface area contributed by atoms with Gasteiger partial charge in [-0.2, -0.15) is 0 Å². The predicted molar refractivity (Wildman–Crippen MR) is 83.2 cm³/mol. The van der Waals surface area contributed by atoms with Crippen LogP contribution in [0, 0.1) is 0 Å². The van der Waals surface area contributed by atoms with Crippen molar-refractivity contribution in [1.29, 1.82) is 0 Å². The molecule has 0 saturated carbocycles. The van der Waals surface area contributed by atoms with Crippen molar-refractivity contribution >= 4 is 23.3 Å². The summed E-state index contributed by atoms with van der Waals surface area (Å²) in [5.41, 5.74) is 1.19. The first-order chi connectivity index (χ1) is 9.85. The van der Waals surface area contributed by atoms with Gasteiger partial charge in [0.25, 0.3) is 0 Å². The quantitative estimate of drug-likeness (QED) is 0.928. The minimum absolute atomic E-state index is 0.0164. The number of aliphatic imine (C=N–C) groups is 1. The van der Waals surface area contributed by atoms with Crippen LogP contribution in [0.1, 0.15) is 39.2 Å². The molecule has 1 atom stereocenters. The second-order valence-electron chi connectivity index (χ2n) is 5.54. The molecule has 1 aliphatic rings. The molecule has 21 heavy (non-hydrogen) atoms. The molecule has 0 fully saturated rings. The maximum absolute atomic E-state index is 12.0. The SMILES string of the molecule is CCC(=O)Nc1ccc([C@]2(C)CC(=O)N(C)C(C)=N2)cc1. The zero-order valence-corrected chi connectivity index (χ0v) is 12.9. The molecule has 1 N–H and O–H groups in total. The lowest BCUT2D eigenvalue weighted by Crippen LogP contribution is -2.42. The van der Waals surface area contributed by atoms with Crippen LogP contribution in [0.3, 0.4) is 0 Å². The van der Waals surface area contributed by atoms with Gasteiger partial charge in [-0.25, -0.2) is 0 Å². The van der Waals surface area contributed by atoms with Crippen molar-refractivity contribution in [3.05, 3.63) is 29.8 Å². The number of rotatable bonds is 3. The van der Waals surface area contributed by atoms with Gasteiger partial charge in [-0.3, -0.25) is 14.6 Å². The molecule has 0 aliphatic carbocycles. The first-order valence-electron chi connectivity index (χ1n) is 7.09. The lowest BCUT2D eigenvalue weighted by Gasteiger charge is -2.34. The molecule has 0 radical (unpaired) electrons. The standard InChI is InChI=1S/C16H21N3O2/c1-5-14(20)17-13-8-6-12(7-9-13)16(3)10-15(21)19(4)11(2)18-16/h6-9H,5,10H2,1-4H3,(H,17,20)/t16-/m0/s1. The van der Waals surface area contributed by atoms with E-state index in [0.717, 1.165) is 17.1 Å². The highest BCUT2D eigenvalue weighted by Gasteiger charge is 2.35. The molecular weight excluding hydrogens is 266 g/mol. The van der Waals surface area contributed by atoms with Crippen LogP contribution in [0.2, 0.25) is 0 Å². The van der Waals surface area contributed by atoms with Gasteiger partial charge in [0.15, 0.2) is 0 Å². The third kappa shape index (κ3) is 3.12. The molecule has 0 spiro atoms. The Morgan fingerprint density at radius 3 is 2.52 bits per heavy atom. The van der Waals surface area contributed by atoms with Crippen LogP contribution in [0.5, 0.6) is 0 Å². The van der Waals surface area contributed by atoms with E-state index in [4.69, 9.17) is 0 Å². The van der Waals surface area contributed by atoms with Crippen LogP contribution in [-0.4, -0.2) is 29.6 Å². The van der Waals surface area contributed by atoms with Crippen molar-refractivity contribution < 1.29 is 9.59 Å². The normalized spacial score (nSPS) is 22.0. The number of carbonyl (C=O) groups excluding carboxylic acids is 2. The van der Waals surface area contributed by atoms with Crippen LogP contribution in [0.15, 0.2) is 29.3 Å². The van der Waals surface area contributed by atoms with Crippen LogP contribution in [-0.2, 0) is 15.1 Å². The van der Waals surface area contributed by atoms with Gasteiger partial charge in [0.1, 0.15) is 5.84 Å². The van der Waals surface area contributed by atoms with Crippen molar-refractivity contribution in [2.24, 2.45) is 4.99 Å². The van der Waals surface area contributed by atoms with Crippen LogP contribution >= 0.6 is 0 Å². The van der Waals surface area contributed by atoms with E-state index in [1.54, 1.807) is 11.9 Å². The largest absolute Gasteiger partial charge is 0.326 e. The number of benzene rings is 1. The van der Waals surface area contributed by atoms with E-state index in [2.05, 4.69) is 10.3 Å². The number of nitrogens with zero attached hydrogens (tertiary/aromatic N) is 2. The van der Waals surface area contributed by atoms with Crippen molar-refractivity contribution in [1.82, 2.24) is 4.90 Å². The Hall–Kier alpha value is -2.17. The number of amides is 2. The van der Waals surface area contributed by atoms with Gasteiger partial charge in [-0.1, -0.05) is 19.1 Å². The predicted octanol–water partition coefficient (Wildman–Crippen LogP) is 2.53. The summed E-state index contributed by atoms with van der Waals surface area (Å²) in [6.07, 6.45) is 0.797. The highest BCUT2D eigenvalue weighted by atomic mass is 16.2. The van der Waals surface area contributed by atoms with E-state index in [1.807, 2.05) is 45.0 Å². The average molecular weight is 287 g/mol. The second kappa shape index (κ2) is 5.68. The van der Waals surface area contributed by atoms with Gasteiger partial charge in [0, 0.05) is 19.2 Å². The van der Waals surface area contributed by atoms with E-state index in [0.29, 0.717) is 12.8 Å². The summed E-state index contributed by atoms with van der Waals surface area (Å²) in [5.74, 6) is 0.766. The maximum Gasteiger partial charge on any atom is 0.230 e. The lowest BCUT2D eigenvalue weighted by molar-refractivity contribution is -0.128. The summed E-state index contributed by atoms with van der Waals surface area (Å²) in [6.45, 7) is 5.61. The summed E-state index contributed by atoms with van der Waals surface area (Å²) >= 11 is 0. The van der Waals surface area contributed by atoms with Crippen LogP contribution < -0.4 is 5.32 Å². The first kappa shape index (κ1) is 15.2. The molecule has 1 aliphatic heterocycles. The molecule has 1 heterocycles. The number of carbonyl (C=O) groups is 2. The van der Waals surface area contributed by atoms with Gasteiger partial charge in [-0.05, 0) is 31.5 Å². The molecule has 1 aromatic rings. The fourth-order valence-corrected chi connectivity index (χ4v) is 2.39. The van der Waals surface area contributed by atoms with E-state index in [-0.39, 0.29) is 11.8 Å². The summed E-state index contributed by atoms with van der Waals surface area (Å²) in [4.78, 5) is 29.6. The molecule has 112 valence electrons. The molecule has 0 unspecified atom stereocenters. The molecule has 2 rings (SSSR count). The Labute approximate surface area is 125 Å². The third-order valence-corrected chi connectivity index (χ3v) is 3.88. The van der Waals surface area contributed by atoms with E-state index in [1.165, 1.54) is 0 Å².